The van der Waals surface area contributed by atoms with Gasteiger partial charge in [-0.1, -0.05) is 18.2 Å². The topological polar surface area (TPSA) is 85.3 Å². The largest absolute Gasteiger partial charge is 0.441 e. The fourth-order valence-corrected chi connectivity index (χ4v) is 2.97. The normalized spacial score (nSPS) is 12.2. The average Bonchev–Trinajstić information content (AvgIpc) is 3.34. The van der Waals surface area contributed by atoms with Gasteiger partial charge in [0, 0.05) is 19.0 Å². The second-order valence-electron chi connectivity index (χ2n) is 6.37. The molecule has 3 aromatic heterocycles. The Hall–Kier alpha value is -3.55. The smallest absolute Gasteiger partial charge is 0.221 e. The number of fused-ring (bicyclic) bond motifs is 1. The van der Waals surface area contributed by atoms with E-state index in [9.17, 15) is 9.18 Å². The Kier molecular flexibility index (Phi) is 4.84. The first-order valence-corrected chi connectivity index (χ1v) is 8.90. The molecule has 28 heavy (non-hydrogen) atoms. The van der Waals surface area contributed by atoms with Gasteiger partial charge >= 0.3 is 0 Å². The van der Waals surface area contributed by atoms with Gasteiger partial charge in [-0.25, -0.2) is 9.37 Å². The molecule has 142 valence electrons. The van der Waals surface area contributed by atoms with Crippen molar-refractivity contribution < 1.29 is 13.6 Å². The summed E-state index contributed by atoms with van der Waals surface area (Å²) in [7, 11) is 0. The third-order valence-electron chi connectivity index (χ3n) is 4.36. The predicted octanol–water partition coefficient (Wildman–Crippen LogP) is 3.33. The van der Waals surface area contributed by atoms with E-state index in [-0.39, 0.29) is 24.2 Å². The Bertz CT molecular complexity index is 1120. The van der Waals surface area contributed by atoms with Gasteiger partial charge in [-0.2, -0.15) is 0 Å². The Morgan fingerprint density at radius 1 is 1.21 bits per heavy atom. The van der Waals surface area contributed by atoms with Crippen molar-refractivity contribution in [1.29, 1.82) is 0 Å². The highest BCUT2D eigenvalue weighted by Gasteiger charge is 2.17. The van der Waals surface area contributed by atoms with Crippen LogP contribution in [0.25, 0.3) is 17.0 Å². The Balaban J connectivity index is 1.37. The van der Waals surface area contributed by atoms with Crippen LogP contribution in [0.4, 0.5) is 4.39 Å². The Labute approximate surface area is 160 Å². The first kappa shape index (κ1) is 17.8. The first-order valence-electron chi connectivity index (χ1n) is 8.90. The number of carbonyl (C=O) groups is 1. The van der Waals surface area contributed by atoms with Crippen molar-refractivity contribution in [2.24, 2.45) is 0 Å². The zero-order valence-electron chi connectivity index (χ0n) is 15.2. The maximum Gasteiger partial charge on any atom is 0.221 e. The number of hydrogen-bond acceptors (Lipinski definition) is 5. The Morgan fingerprint density at radius 3 is 2.89 bits per heavy atom. The van der Waals surface area contributed by atoms with Crippen molar-refractivity contribution in [3.63, 3.8) is 0 Å². The van der Waals surface area contributed by atoms with Gasteiger partial charge in [0.2, 0.25) is 5.91 Å². The van der Waals surface area contributed by atoms with Crippen LogP contribution in [0, 0.1) is 5.82 Å². The van der Waals surface area contributed by atoms with Crippen LogP contribution in [0.2, 0.25) is 0 Å². The molecule has 0 radical (unpaired) electrons. The minimum absolute atomic E-state index is 0.161. The molecule has 4 aromatic rings. The molecule has 8 heteroatoms. The summed E-state index contributed by atoms with van der Waals surface area (Å²) in [5.74, 6) is 0.843. The number of oxazole rings is 1. The number of aromatic nitrogens is 4. The molecule has 4 rings (SSSR count). The highest BCUT2D eigenvalue weighted by Crippen LogP contribution is 2.23. The number of carbonyl (C=O) groups excluding carboxylic acids is 1. The third kappa shape index (κ3) is 3.62. The molecule has 1 N–H and O–H groups in total. The van der Waals surface area contributed by atoms with Gasteiger partial charge < -0.3 is 9.73 Å². The quantitative estimate of drug-likeness (QED) is 0.555. The molecular formula is C20H18FN5O2. The van der Waals surface area contributed by atoms with Gasteiger partial charge in [-0.05, 0) is 31.2 Å². The number of amides is 1. The molecule has 7 nitrogen and oxygen atoms in total. The van der Waals surface area contributed by atoms with Crippen LogP contribution in [0.1, 0.15) is 31.1 Å². The van der Waals surface area contributed by atoms with E-state index in [1.54, 1.807) is 18.2 Å². The summed E-state index contributed by atoms with van der Waals surface area (Å²) in [5.41, 5.74) is 1.07. The fourth-order valence-electron chi connectivity index (χ4n) is 2.97. The molecule has 0 aliphatic heterocycles. The lowest BCUT2D eigenvalue weighted by Crippen LogP contribution is -2.28. The van der Waals surface area contributed by atoms with Crippen LogP contribution < -0.4 is 5.32 Å². The van der Waals surface area contributed by atoms with Gasteiger partial charge in [0.05, 0.1) is 17.8 Å². The lowest BCUT2D eigenvalue weighted by molar-refractivity contribution is -0.121. The van der Waals surface area contributed by atoms with Crippen LogP contribution in [0.15, 0.2) is 59.3 Å². The minimum atomic E-state index is -0.377. The minimum Gasteiger partial charge on any atom is -0.441 e. The lowest BCUT2D eigenvalue weighted by atomic mass is 10.2. The van der Waals surface area contributed by atoms with Gasteiger partial charge in [0.1, 0.15) is 5.82 Å². The molecule has 1 unspecified atom stereocenters. The molecule has 3 heterocycles. The van der Waals surface area contributed by atoms with E-state index >= 15 is 0 Å². The second kappa shape index (κ2) is 7.59. The number of pyridine rings is 1. The Morgan fingerprint density at radius 2 is 2.04 bits per heavy atom. The molecule has 0 fully saturated rings. The monoisotopic (exact) mass is 379 g/mol. The molecule has 1 atom stereocenters. The van der Waals surface area contributed by atoms with Crippen molar-refractivity contribution in [2.75, 3.05) is 0 Å². The number of nitrogens with one attached hydrogen (secondary N) is 1. The van der Waals surface area contributed by atoms with Crippen molar-refractivity contribution in [3.05, 3.63) is 72.4 Å². The number of benzene rings is 1. The SMILES string of the molecule is CC(NC(=O)CCc1ncc(-c2ccccc2F)o1)c1nnc2ccccn12. The van der Waals surface area contributed by atoms with E-state index in [1.165, 1.54) is 12.3 Å². The number of halogens is 1. The van der Waals surface area contributed by atoms with Crippen molar-refractivity contribution >= 4 is 11.6 Å². The number of aryl methyl sites for hydroxylation is 1. The number of hydrogen-bond donors (Lipinski definition) is 1. The van der Waals surface area contributed by atoms with E-state index in [4.69, 9.17) is 4.42 Å². The van der Waals surface area contributed by atoms with E-state index < -0.39 is 0 Å². The highest BCUT2D eigenvalue weighted by atomic mass is 19.1. The van der Waals surface area contributed by atoms with Crippen LogP contribution in [0.5, 0.6) is 0 Å². The van der Waals surface area contributed by atoms with Crippen LogP contribution in [0.3, 0.4) is 0 Å². The summed E-state index contributed by atoms with van der Waals surface area (Å²) in [6, 6.07) is 11.6. The molecule has 1 amide bonds. The summed E-state index contributed by atoms with van der Waals surface area (Å²) < 4.78 is 21.2. The van der Waals surface area contributed by atoms with E-state index in [0.29, 0.717) is 29.5 Å². The zero-order chi connectivity index (χ0) is 19.5. The molecule has 0 spiro atoms. The molecule has 0 aliphatic carbocycles. The maximum atomic E-state index is 13.8. The summed E-state index contributed by atoms with van der Waals surface area (Å²) in [4.78, 5) is 16.4. The van der Waals surface area contributed by atoms with E-state index in [2.05, 4.69) is 20.5 Å². The van der Waals surface area contributed by atoms with Crippen LogP contribution in [-0.2, 0) is 11.2 Å². The number of nitrogens with zero attached hydrogens (tertiary/aromatic N) is 4. The highest BCUT2D eigenvalue weighted by molar-refractivity contribution is 5.76. The van der Waals surface area contributed by atoms with Crippen molar-refractivity contribution in [3.8, 4) is 11.3 Å². The van der Waals surface area contributed by atoms with E-state index in [1.807, 2.05) is 35.7 Å². The van der Waals surface area contributed by atoms with Gasteiger partial charge in [0.15, 0.2) is 23.1 Å². The molecule has 0 aliphatic rings. The number of rotatable bonds is 6. The second-order valence-corrected chi connectivity index (χ2v) is 6.37. The summed E-state index contributed by atoms with van der Waals surface area (Å²) >= 11 is 0. The van der Waals surface area contributed by atoms with Gasteiger partial charge in [-0.3, -0.25) is 9.20 Å². The zero-order valence-corrected chi connectivity index (χ0v) is 15.2. The van der Waals surface area contributed by atoms with Crippen LogP contribution in [-0.4, -0.2) is 25.5 Å². The van der Waals surface area contributed by atoms with Gasteiger partial charge in [0.25, 0.3) is 0 Å². The summed E-state index contributed by atoms with van der Waals surface area (Å²) in [5, 5.41) is 11.1. The lowest BCUT2D eigenvalue weighted by Gasteiger charge is -2.11. The molecular weight excluding hydrogens is 361 g/mol. The standard InChI is InChI=1S/C20H18FN5O2/c1-13(20-25-24-17-8-4-5-11-26(17)20)23-18(27)9-10-19-22-12-16(28-19)14-6-2-3-7-15(14)21/h2-8,11-13H,9-10H2,1H3,(H,23,27). The fraction of sp³-hybridized carbons (Fsp3) is 0.200. The maximum absolute atomic E-state index is 13.8. The molecule has 0 bridgehead atoms. The van der Waals surface area contributed by atoms with Crippen molar-refractivity contribution in [1.82, 2.24) is 24.9 Å². The molecule has 0 saturated carbocycles. The molecule has 1 aromatic carbocycles. The van der Waals surface area contributed by atoms with E-state index in [0.717, 1.165) is 5.65 Å². The van der Waals surface area contributed by atoms with Gasteiger partial charge in [-0.15, -0.1) is 10.2 Å². The third-order valence-corrected chi connectivity index (χ3v) is 4.36. The molecule has 0 saturated heterocycles. The summed E-state index contributed by atoms with van der Waals surface area (Å²) in [6.45, 7) is 1.85. The van der Waals surface area contributed by atoms with Crippen molar-refractivity contribution in [2.45, 2.75) is 25.8 Å². The van der Waals surface area contributed by atoms with Crippen LogP contribution >= 0.6 is 0 Å². The predicted molar refractivity (Wildman–Crippen MR) is 99.8 cm³/mol. The summed E-state index contributed by atoms with van der Waals surface area (Å²) in [6.07, 6.45) is 3.83. The first-order chi connectivity index (χ1) is 13.6. The average molecular weight is 379 g/mol.